The molecule has 2 N–H and O–H groups in total. The van der Waals surface area contributed by atoms with Gasteiger partial charge >= 0.3 is 0 Å². The molecule has 1 aromatic carbocycles. The zero-order chi connectivity index (χ0) is 12.6. The Bertz CT molecular complexity index is 445. The number of ether oxygens (including phenoxy) is 1. The molecule has 1 aliphatic heterocycles. The molecule has 2 rings (SSSR count). The quantitative estimate of drug-likeness (QED) is 0.858. The van der Waals surface area contributed by atoms with Crippen molar-refractivity contribution in [2.24, 2.45) is 0 Å². The summed E-state index contributed by atoms with van der Waals surface area (Å²) in [6, 6.07) is 1.10. The summed E-state index contributed by atoms with van der Waals surface area (Å²) in [5.74, 6) is -0.557. The summed E-state index contributed by atoms with van der Waals surface area (Å²) >= 11 is 5.97. The third kappa shape index (κ3) is 1.96. The van der Waals surface area contributed by atoms with Gasteiger partial charge in [-0.05, 0) is 26.3 Å². The average molecular weight is 260 g/mol. The van der Waals surface area contributed by atoms with Crippen LogP contribution in [0.4, 0.5) is 4.39 Å². The van der Waals surface area contributed by atoms with Crippen molar-refractivity contribution >= 4 is 11.6 Å². The average Bonchev–Trinajstić information content (AvgIpc) is 2.71. The number of hydrogen-bond donors (Lipinski definition) is 2. The summed E-state index contributed by atoms with van der Waals surface area (Å²) in [6.07, 6.45) is 1.76. The zero-order valence-electron chi connectivity index (χ0n) is 9.81. The second-order valence-corrected chi connectivity index (χ2v) is 4.84. The van der Waals surface area contributed by atoms with E-state index in [0.717, 1.165) is 25.5 Å². The maximum atomic E-state index is 13.7. The van der Waals surface area contributed by atoms with Crippen molar-refractivity contribution < 1.29 is 14.2 Å². The van der Waals surface area contributed by atoms with Crippen molar-refractivity contribution in [1.29, 1.82) is 0 Å². The Morgan fingerprint density at radius 3 is 2.82 bits per heavy atom. The number of rotatable bonds is 2. The summed E-state index contributed by atoms with van der Waals surface area (Å²) in [5, 5.41) is 13.3. The van der Waals surface area contributed by atoms with Crippen molar-refractivity contribution in [2.45, 2.75) is 25.3 Å². The maximum absolute atomic E-state index is 13.7. The van der Waals surface area contributed by atoms with E-state index < -0.39 is 11.4 Å². The molecular weight excluding hydrogens is 245 g/mol. The molecule has 1 atom stereocenters. The Hall–Kier alpha value is -1.00. The molecule has 0 amide bonds. The first kappa shape index (κ1) is 12.5. The molecule has 0 radical (unpaired) electrons. The summed E-state index contributed by atoms with van der Waals surface area (Å²) < 4.78 is 18.6. The first-order valence-electron chi connectivity index (χ1n) is 5.50. The molecule has 0 saturated carbocycles. The standard InChI is InChI=1S/C12H15ClFNO2/c1-12(4-3-5-15-12)9-10(13)7(14)6-8(17-2)11(9)16/h6,15-16H,3-5H2,1-2H3. The molecule has 0 aromatic heterocycles. The predicted molar refractivity (Wildman–Crippen MR) is 64.2 cm³/mol. The van der Waals surface area contributed by atoms with Crippen LogP contribution in [0.5, 0.6) is 11.5 Å². The third-order valence-electron chi connectivity index (χ3n) is 3.30. The Morgan fingerprint density at radius 1 is 1.59 bits per heavy atom. The van der Waals surface area contributed by atoms with E-state index >= 15 is 0 Å². The molecule has 0 spiro atoms. The van der Waals surface area contributed by atoms with Crippen molar-refractivity contribution in [2.75, 3.05) is 13.7 Å². The van der Waals surface area contributed by atoms with Gasteiger partial charge in [0.05, 0.1) is 12.1 Å². The Balaban J connectivity index is 2.62. The molecule has 1 unspecified atom stereocenters. The number of halogens is 2. The lowest BCUT2D eigenvalue weighted by Crippen LogP contribution is -2.33. The highest BCUT2D eigenvalue weighted by Crippen LogP contribution is 2.45. The number of phenolic OH excluding ortho intramolecular Hbond substituents is 1. The van der Waals surface area contributed by atoms with Gasteiger partial charge in [0.15, 0.2) is 11.5 Å². The van der Waals surface area contributed by atoms with E-state index in [-0.39, 0.29) is 16.5 Å². The van der Waals surface area contributed by atoms with Crippen molar-refractivity contribution in [3.8, 4) is 11.5 Å². The second kappa shape index (κ2) is 4.35. The highest BCUT2D eigenvalue weighted by atomic mass is 35.5. The topological polar surface area (TPSA) is 41.5 Å². The minimum absolute atomic E-state index is 0.0415. The fourth-order valence-corrected chi connectivity index (χ4v) is 2.71. The van der Waals surface area contributed by atoms with Crippen LogP contribution in [0.2, 0.25) is 5.02 Å². The van der Waals surface area contributed by atoms with Crippen LogP contribution in [0.25, 0.3) is 0 Å². The molecule has 17 heavy (non-hydrogen) atoms. The molecule has 1 heterocycles. The van der Waals surface area contributed by atoms with Crippen molar-refractivity contribution in [3.05, 3.63) is 22.5 Å². The molecule has 1 aliphatic rings. The van der Waals surface area contributed by atoms with Crippen molar-refractivity contribution in [3.63, 3.8) is 0 Å². The van der Waals surface area contributed by atoms with Gasteiger partial charge in [-0.3, -0.25) is 0 Å². The lowest BCUT2D eigenvalue weighted by molar-refractivity contribution is 0.347. The minimum atomic E-state index is -0.578. The van der Waals surface area contributed by atoms with Gasteiger partial charge in [-0.15, -0.1) is 0 Å². The maximum Gasteiger partial charge on any atom is 0.164 e. The molecule has 1 fully saturated rings. The van der Waals surface area contributed by atoms with E-state index in [1.165, 1.54) is 7.11 Å². The van der Waals surface area contributed by atoms with Gasteiger partial charge in [0, 0.05) is 17.2 Å². The van der Waals surface area contributed by atoms with Crippen LogP contribution in [0.3, 0.4) is 0 Å². The monoisotopic (exact) mass is 259 g/mol. The van der Waals surface area contributed by atoms with Crippen LogP contribution < -0.4 is 10.1 Å². The van der Waals surface area contributed by atoms with E-state index in [2.05, 4.69) is 5.32 Å². The van der Waals surface area contributed by atoms with Crippen LogP contribution in [0.1, 0.15) is 25.3 Å². The predicted octanol–water partition coefficient (Wildman–Crippen LogP) is 2.79. The Morgan fingerprint density at radius 2 is 2.29 bits per heavy atom. The van der Waals surface area contributed by atoms with Crippen LogP contribution >= 0.6 is 11.6 Å². The van der Waals surface area contributed by atoms with Crippen LogP contribution in [0.15, 0.2) is 6.07 Å². The van der Waals surface area contributed by atoms with Gasteiger partial charge in [-0.2, -0.15) is 0 Å². The molecule has 5 heteroatoms. The zero-order valence-corrected chi connectivity index (χ0v) is 10.6. The van der Waals surface area contributed by atoms with E-state index in [1.54, 1.807) is 0 Å². The van der Waals surface area contributed by atoms with E-state index in [1.807, 2.05) is 6.92 Å². The summed E-state index contributed by atoms with van der Waals surface area (Å²) in [5.41, 5.74) is -0.121. The first-order chi connectivity index (χ1) is 7.99. The Labute approximate surface area is 105 Å². The van der Waals surface area contributed by atoms with Gasteiger partial charge < -0.3 is 15.2 Å². The number of nitrogens with one attached hydrogen (secondary N) is 1. The van der Waals surface area contributed by atoms with Gasteiger partial charge in [0.1, 0.15) is 5.82 Å². The third-order valence-corrected chi connectivity index (χ3v) is 3.67. The van der Waals surface area contributed by atoms with Crippen LogP contribution in [-0.2, 0) is 5.54 Å². The summed E-state index contributed by atoms with van der Waals surface area (Å²) in [4.78, 5) is 0. The molecule has 3 nitrogen and oxygen atoms in total. The van der Waals surface area contributed by atoms with Crippen LogP contribution in [0, 0.1) is 5.82 Å². The smallest absolute Gasteiger partial charge is 0.164 e. The molecule has 1 aromatic rings. The lowest BCUT2D eigenvalue weighted by Gasteiger charge is -2.27. The molecule has 0 bridgehead atoms. The highest BCUT2D eigenvalue weighted by molar-refractivity contribution is 6.32. The number of benzene rings is 1. The molecular formula is C12H15ClFNO2. The number of aromatic hydroxyl groups is 1. The summed E-state index contributed by atoms with van der Waals surface area (Å²) in [7, 11) is 1.39. The lowest BCUT2D eigenvalue weighted by atomic mass is 9.89. The van der Waals surface area contributed by atoms with Crippen LogP contribution in [-0.4, -0.2) is 18.8 Å². The highest BCUT2D eigenvalue weighted by Gasteiger charge is 2.36. The molecule has 0 aliphatic carbocycles. The second-order valence-electron chi connectivity index (χ2n) is 4.46. The largest absolute Gasteiger partial charge is 0.504 e. The van der Waals surface area contributed by atoms with Gasteiger partial charge in [0.25, 0.3) is 0 Å². The number of hydrogen-bond acceptors (Lipinski definition) is 3. The fraction of sp³-hybridized carbons (Fsp3) is 0.500. The van der Waals surface area contributed by atoms with E-state index in [9.17, 15) is 9.50 Å². The summed E-state index contributed by atoms with van der Waals surface area (Å²) in [6.45, 7) is 2.73. The SMILES string of the molecule is COc1cc(F)c(Cl)c(C2(C)CCCN2)c1O. The minimum Gasteiger partial charge on any atom is -0.504 e. The van der Waals surface area contributed by atoms with Gasteiger partial charge in [-0.1, -0.05) is 11.6 Å². The Kier molecular flexibility index (Phi) is 3.19. The first-order valence-corrected chi connectivity index (χ1v) is 5.88. The van der Waals surface area contributed by atoms with Crippen molar-refractivity contribution in [1.82, 2.24) is 5.32 Å². The van der Waals surface area contributed by atoms with Gasteiger partial charge in [0.2, 0.25) is 0 Å². The number of phenols is 1. The number of methoxy groups -OCH3 is 1. The van der Waals surface area contributed by atoms with E-state index in [0.29, 0.717) is 5.56 Å². The normalized spacial score (nSPS) is 24.0. The van der Waals surface area contributed by atoms with E-state index in [4.69, 9.17) is 16.3 Å². The molecule has 94 valence electrons. The van der Waals surface area contributed by atoms with Gasteiger partial charge in [-0.25, -0.2) is 4.39 Å². The molecule has 1 saturated heterocycles. The fourth-order valence-electron chi connectivity index (χ4n) is 2.36.